The van der Waals surface area contributed by atoms with Gasteiger partial charge in [0.2, 0.25) is 0 Å². The molecule has 1 atom stereocenters. The standard InChI is InChI=1S/C28H26F3N3O/c1-19-25(23-12-5-6-13-24(23)32-19)27(35)26(20-8-3-2-4-9-20)34-16-14-33(15-17-34)22-11-7-10-21(18-22)28(29,30)31/h2-13,18,26,32H,14-17H2,1H3/t26-/m0/s1. The molecule has 2 heterocycles. The molecule has 0 aliphatic carbocycles. The van der Waals surface area contributed by atoms with Gasteiger partial charge in [-0.15, -0.1) is 0 Å². The molecule has 35 heavy (non-hydrogen) atoms. The molecular formula is C28H26F3N3O. The molecular weight excluding hydrogens is 451 g/mol. The van der Waals surface area contributed by atoms with Crippen LogP contribution in [-0.2, 0) is 6.18 Å². The summed E-state index contributed by atoms with van der Waals surface area (Å²) in [5.41, 5.74) is 3.26. The highest BCUT2D eigenvalue weighted by Gasteiger charge is 2.34. The number of hydrogen-bond acceptors (Lipinski definition) is 3. The molecule has 1 aromatic heterocycles. The van der Waals surface area contributed by atoms with Crippen LogP contribution >= 0.6 is 0 Å². The number of aryl methyl sites for hydroxylation is 1. The van der Waals surface area contributed by atoms with E-state index >= 15 is 0 Å². The number of Topliss-reactive ketones (excluding diaryl/α,β-unsaturated/α-hetero) is 1. The average molecular weight is 478 g/mol. The quantitative estimate of drug-likeness (QED) is 0.346. The highest BCUT2D eigenvalue weighted by molar-refractivity contribution is 6.11. The Hall–Kier alpha value is -3.58. The predicted octanol–water partition coefficient (Wildman–Crippen LogP) is 6.24. The highest BCUT2D eigenvalue weighted by Crippen LogP contribution is 2.34. The Kier molecular flexibility index (Phi) is 6.11. The number of nitrogens with one attached hydrogen (secondary N) is 1. The minimum Gasteiger partial charge on any atom is -0.369 e. The van der Waals surface area contributed by atoms with Gasteiger partial charge in [0, 0.05) is 54.0 Å². The lowest BCUT2D eigenvalue weighted by Gasteiger charge is -2.40. The Morgan fingerprint density at radius 1 is 0.886 bits per heavy atom. The van der Waals surface area contributed by atoms with E-state index in [1.165, 1.54) is 12.1 Å². The van der Waals surface area contributed by atoms with Crippen molar-refractivity contribution in [1.82, 2.24) is 9.88 Å². The smallest absolute Gasteiger partial charge is 0.369 e. The normalized spacial score (nSPS) is 15.9. The number of piperazine rings is 1. The Bertz CT molecular complexity index is 1340. The van der Waals surface area contributed by atoms with E-state index in [1.54, 1.807) is 6.07 Å². The summed E-state index contributed by atoms with van der Waals surface area (Å²) >= 11 is 0. The number of alkyl halides is 3. The molecule has 0 spiro atoms. The summed E-state index contributed by atoms with van der Waals surface area (Å²) in [7, 11) is 0. The number of rotatable bonds is 5. The monoisotopic (exact) mass is 477 g/mol. The van der Waals surface area contributed by atoms with Crippen molar-refractivity contribution in [3.63, 3.8) is 0 Å². The van der Waals surface area contributed by atoms with Gasteiger partial charge in [-0.1, -0.05) is 54.6 Å². The second-order valence-electron chi connectivity index (χ2n) is 8.92. The molecule has 0 bridgehead atoms. The third-order valence-electron chi connectivity index (χ3n) is 6.72. The Morgan fingerprint density at radius 3 is 2.29 bits per heavy atom. The number of benzene rings is 3. The number of aromatic amines is 1. The van der Waals surface area contributed by atoms with Crippen molar-refractivity contribution in [2.75, 3.05) is 31.1 Å². The fraction of sp³-hybridized carbons (Fsp3) is 0.250. The molecule has 1 aliphatic rings. The van der Waals surface area contributed by atoms with Crippen LogP contribution in [0.4, 0.5) is 18.9 Å². The molecule has 1 N–H and O–H groups in total. The third kappa shape index (κ3) is 4.56. The van der Waals surface area contributed by atoms with E-state index in [-0.39, 0.29) is 5.78 Å². The predicted molar refractivity (Wildman–Crippen MR) is 132 cm³/mol. The van der Waals surface area contributed by atoms with Crippen LogP contribution in [0.25, 0.3) is 10.9 Å². The lowest BCUT2D eigenvalue weighted by molar-refractivity contribution is -0.137. The van der Waals surface area contributed by atoms with E-state index in [4.69, 9.17) is 0 Å². The minimum absolute atomic E-state index is 0.0265. The summed E-state index contributed by atoms with van der Waals surface area (Å²) in [5.74, 6) is 0.0265. The second-order valence-corrected chi connectivity index (χ2v) is 8.92. The molecule has 0 saturated carbocycles. The molecule has 7 heteroatoms. The fourth-order valence-electron chi connectivity index (χ4n) is 5.01. The molecule has 0 amide bonds. The maximum absolute atomic E-state index is 14.0. The lowest BCUT2D eigenvalue weighted by Crippen LogP contribution is -2.49. The number of anilines is 1. The van der Waals surface area contributed by atoms with Gasteiger partial charge in [0.05, 0.1) is 11.6 Å². The van der Waals surface area contributed by atoms with E-state index in [0.717, 1.165) is 28.2 Å². The van der Waals surface area contributed by atoms with E-state index in [9.17, 15) is 18.0 Å². The van der Waals surface area contributed by atoms with Crippen LogP contribution < -0.4 is 4.90 Å². The number of hydrogen-bond donors (Lipinski definition) is 1. The summed E-state index contributed by atoms with van der Waals surface area (Å²) in [5, 5.41) is 0.901. The van der Waals surface area contributed by atoms with Crippen LogP contribution in [0, 0.1) is 6.92 Å². The number of ketones is 1. The highest BCUT2D eigenvalue weighted by atomic mass is 19.4. The Labute approximate surface area is 202 Å². The number of carbonyl (C=O) groups excluding carboxylic acids is 1. The lowest BCUT2D eigenvalue weighted by atomic mass is 9.93. The summed E-state index contributed by atoms with van der Waals surface area (Å²) in [6.45, 7) is 4.10. The van der Waals surface area contributed by atoms with Gasteiger partial charge >= 0.3 is 6.18 Å². The molecule has 4 aromatic rings. The third-order valence-corrected chi connectivity index (χ3v) is 6.72. The fourth-order valence-corrected chi connectivity index (χ4v) is 5.01. The van der Waals surface area contributed by atoms with Crippen LogP contribution in [0.5, 0.6) is 0 Å². The van der Waals surface area contributed by atoms with Crippen molar-refractivity contribution in [1.29, 1.82) is 0 Å². The summed E-state index contributed by atoms with van der Waals surface area (Å²) < 4.78 is 39.6. The van der Waals surface area contributed by atoms with Gasteiger partial charge < -0.3 is 9.88 Å². The van der Waals surface area contributed by atoms with E-state index < -0.39 is 17.8 Å². The number of nitrogens with zero attached hydrogens (tertiary/aromatic N) is 2. The number of aromatic nitrogens is 1. The van der Waals surface area contributed by atoms with Gasteiger partial charge in [-0.3, -0.25) is 9.69 Å². The Balaban J connectivity index is 1.43. The van der Waals surface area contributed by atoms with Crippen LogP contribution in [-0.4, -0.2) is 41.8 Å². The molecule has 180 valence electrons. The summed E-state index contributed by atoms with van der Waals surface area (Å²) in [4.78, 5) is 21.5. The van der Waals surface area contributed by atoms with Crippen LogP contribution in [0.15, 0.2) is 78.9 Å². The molecule has 0 radical (unpaired) electrons. The van der Waals surface area contributed by atoms with Gasteiger partial charge in [0.25, 0.3) is 0 Å². The zero-order chi connectivity index (χ0) is 24.6. The van der Waals surface area contributed by atoms with E-state index in [0.29, 0.717) is 37.4 Å². The van der Waals surface area contributed by atoms with Crippen molar-refractivity contribution in [3.05, 3.63) is 101 Å². The first kappa shape index (κ1) is 23.2. The minimum atomic E-state index is -4.38. The number of para-hydroxylation sites is 1. The first-order valence-corrected chi connectivity index (χ1v) is 11.7. The zero-order valence-corrected chi connectivity index (χ0v) is 19.3. The SMILES string of the molecule is Cc1[nH]c2ccccc2c1C(=O)[C@H](c1ccccc1)N1CCN(c2cccc(C(F)(F)F)c2)CC1. The van der Waals surface area contributed by atoms with Crippen molar-refractivity contribution >= 4 is 22.4 Å². The van der Waals surface area contributed by atoms with Crippen molar-refractivity contribution in [2.24, 2.45) is 0 Å². The van der Waals surface area contributed by atoms with Crippen molar-refractivity contribution < 1.29 is 18.0 Å². The van der Waals surface area contributed by atoms with Crippen molar-refractivity contribution in [2.45, 2.75) is 19.1 Å². The molecule has 1 aliphatic heterocycles. The van der Waals surface area contributed by atoms with Gasteiger partial charge in [-0.25, -0.2) is 0 Å². The number of carbonyl (C=O) groups is 1. The van der Waals surface area contributed by atoms with Crippen molar-refractivity contribution in [3.8, 4) is 0 Å². The van der Waals surface area contributed by atoms with E-state index in [1.807, 2.05) is 66.4 Å². The van der Waals surface area contributed by atoms with Gasteiger partial charge in [-0.2, -0.15) is 13.2 Å². The van der Waals surface area contributed by atoms with E-state index in [2.05, 4.69) is 9.88 Å². The molecule has 1 fully saturated rings. The first-order chi connectivity index (χ1) is 16.8. The average Bonchev–Trinajstić information content (AvgIpc) is 3.20. The largest absolute Gasteiger partial charge is 0.416 e. The van der Waals surface area contributed by atoms with Gasteiger partial charge in [-0.05, 0) is 36.8 Å². The van der Waals surface area contributed by atoms with Crippen LogP contribution in [0.2, 0.25) is 0 Å². The Morgan fingerprint density at radius 2 is 1.57 bits per heavy atom. The summed E-state index contributed by atoms with van der Waals surface area (Å²) in [6, 6.07) is 22.5. The topological polar surface area (TPSA) is 39.3 Å². The van der Waals surface area contributed by atoms with Gasteiger partial charge in [0.1, 0.15) is 0 Å². The second kappa shape index (κ2) is 9.23. The molecule has 0 unspecified atom stereocenters. The maximum atomic E-state index is 14.0. The molecule has 1 saturated heterocycles. The first-order valence-electron chi connectivity index (χ1n) is 11.7. The maximum Gasteiger partial charge on any atom is 0.416 e. The number of fused-ring (bicyclic) bond motifs is 1. The number of H-pyrrole nitrogens is 1. The number of halogens is 3. The van der Waals surface area contributed by atoms with Crippen LogP contribution in [0.3, 0.4) is 0 Å². The van der Waals surface area contributed by atoms with Gasteiger partial charge in [0.15, 0.2) is 5.78 Å². The zero-order valence-electron chi connectivity index (χ0n) is 19.3. The molecule has 4 nitrogen and oxygen atoms in total. The van der Waals surface area contributed by atoms with Crippen LogP contribution in [0.1, 0.15) is 33.2 Å². The molecule has 5 rings (SSSR count). The summed E-state index contributed by atoms with van der Waals surface area (Å²) in [6.07, 6.45) is -4.38. The molecule has 3 aromatic carbocycles.